The molecule has 0 spiro atoms. The molecule has 0 saturated carbocycles. The van der Waals surface area contributed by atoms with E-state index < -0.39 is 5.56 Å². The van der Waals surface area contributed by atoms with Crippen LogP contribution in [0.3, 0.4) is 0 Å². The van der Waals surface area contributed by atoms with Gasteiger partial charge in [0.25, 0.3) is 5.56 Å². The standard InChI is InChI=1S/C7H9ClN4O2/c1-9-4(13)2-10-6-5(8)7(14)12-3-11-6/h3H,2H2,1H3,(H,9,13)(H2,10,11,12,14). The Morgan fingerprint density at radius 1 is 1.71 bits per heavy atom. The summed E-state index contributed by atoms with van der Waals surface area (Å²) in [5, 5.41) is 4.98. The zero-order chi connectivity index (χ0) is 10.6. The molecule has 0 aliphatic carbocycles. The molecule has 0 radical (unpaired) electrons. The van der Waals surface area contributed by atoms with Crippen LogP contribution in [0.1, 0.15) is 0 Å². The number of rotatable bonds is 3. The normalized spacial score (nSPS) is 9.57. The fourth-order valence-corrected chi connectivity index (χ4v) is 0.929. The van der Waals surface area contributed by atoms with Gasteiger partial charge in [0.05, 0.1) is 12.9 Å². The molecule has 1 amide bonds. The number of aromatic nitrogens is 2. The van der Waals surface area contributed by atoms with E-state index >= 15 is 0 Å². The molecule has 1 aromatic heterocycles. The summed E-state index contributed by atoms with van der Waals surface area (Å²) in [4.78, 5) is 27.9. The third kappa shape index (κ3) is 2.46. The van der Waals surface area contributed by atoms with Crippen molar-refractivity contribution in [2.24, 2.45) is 0 Å². The van der Waals surface area contributed by atoms with E-state index in [2.05, 4.69) is 20.6 Å². The van der Waals surface area contributed by atoms with Crippen molar-refractivity contribution in [2.45, 2.75) is 0 Å². The number of hydrogen-bond acceptors (Lipinski definition) is 4. The molecule has 7 heteroatoms. The van der Waals surface area contributed by atoms with Gasteiger partial charge >= 0.3 is 0 Å². The van der Waals surface area contributed by atoms with Gasteiger partial charge in [-0.2, -0.15) is 0 Å². The Labute approximate surface area is 84.7 Å². The second-order valence-electron chi connectivity index (χ2n) is 2.42. The van der Waals surface area contributed by atoms with Gasteiger partial charge in [0, 0.05) is 7.05 Å². The van der Waals surface area contributed by atoms with Gasteiger partial charge in [0.15, 0.2) is 5.82 Å². The predicted octanol–water partition coefficient (Wildman–Crippen LogP) is -0.419. The average Bonchev–Trinajstić information content (AvgIpc) is 2.20. The number of likely N-dealkylation sites (N-methyl/N-ethyl adjacent to an activating group) is 1. The fraction of sp³-hybridized carbons (Fsp3) is 0.286. The highest BCUT2D eigenvalue weighted by molar-refractivity contribution is 6.32. The lowest BCUT2D eigenvalue weighted by molar-refractivity contribution is -0.118. The molecule has 1 aromatic rings. The highest BCUT2D eigenvalue weighted by atomic mass is 35.5. The van der Waals surface area contributed by atoms with Crippen molar-refractivity contribution in [3.8, 4) is 0 Å². The molecule has 6 nitrogen and oxygen atoms in total. The lowest BCUT2D eigenvalue weighted by Crippen LogP contribution is -2.27. The van der Waals surface area contributed by atoms with Gasteiger partial charge < -0.3 is 15.6 Å². The number of amides is 1. The Morgan fingerprint density at radius 3 is 3.07 bits per heavy atom. The number of anilines is 1. The number of carbonyl (C=O) groups is 1. The number of aromatic amines is 1. The van der Waals surface area contributed by atoms with Crippen molar-refractivity contribution in [3.63, 3.8) is 0 Å². The third-order valence-electron chi connectivity index (χ3n) is 1.49. The van der Waals surface area contributed by atoms with Crippen LogP contribution in [-0.2, 0) is 4.79 Å². The van der Waals surface area contributed by atoms with Crippen LogP contribution in [0.15, 0.2) is 11.1 Å². The number of H-pyrrole nitrogens is 1. The number of halogens is 1. The Hall–Kier alpha value is -1.56. The van der Waals surface area contributed by atoms with E-state index in [1.165, 1.54) is 13.4 Å². The van der Waals surface area contributed by atoms with Crippen LogP contribution in [0.5, 0.6) is 0 Å². The van der Waals surface area contributed by atoms with Gasteiger partial charge in [-0.1, -0.05) is 11.6 Å². The smallest absolute Gasteiger partial charge is 0.271 e. The molecule has 0 atom stereocenters. The van der Waals surface area contributed by atoms with Crippen LogP contribution in [-0.4, -0.2) is 29.5 Å². The minimum atomic E-state index is -0.443. The van der Waals surface area contributed by atoms with E-state index in [0.717, 1.165) is 0 Å². The molecule has 0 saturated heterocycles. The van der Waals surface area contributed by atoms with Crippen LogP contribution in [0, 0.1) is 0 Å². The lowest BCUT2D eigenvalue weighted by atomic mass is 10.5. The van der Waals surface area contributed by atoms with Crippen molar-refractivity contribution >= 4 is 23.3 Å². The van der Waals surface area contributed by atoms with Crippen molar-refractivity contribution < 1.29 is 4.79 Å². The van der Waals surface area contributed by atoms with Gasteiger partial charge in [0.2, 0.25) is 5.91 Å². The zero-order valence-electron chi connectivity index (χ0n) is 7.43. The summed E-state index contributed by atoms with van der Waals surface area (Å²) in [6, 6.07) is 0. The van der Waals surface area contributed by atoms with Gasteiger partial charge in [-0.3, -0.25) is 9.59 Å². The largest absolute Gasteiger partial charge is 0.360 e. The maximum atomic E-state index is 11.0. The molecule has 0 aliphatic rings. The summed E-state index contributed by atoms with van der Waals surface area (Å²) in [6.07, 6.45) is 1.21. The van der Waals surface area contributed by atoms with E-state index in [-0.39, 0.29) is 23.3 Å². The Kier molecular flexibility index (Phi) is 3.47. The van der Waals surface area contributed by atoms with Gasteiger partial charge in [-0.15, -0.1) is 0 Å². The van der Waals surface area contributed by atoms with Gasteiger partial charge in [-0.05, 0) is 0 Å². The molecule has 3 N–H and O–H groups in total. The summed E-state index contributed by atoms with van der Waals surface area (Å²) < 4.78 is 0. The van der Waals surface area contributed by atoms with Crippen molar-refractivity contribution in [3.05, 3.63) is 21.7 Å². The van der Waals surface area contributed by atoms with Crippen LogP contribution in [0.4, 0.5) is 5.82 Å². The summed E-state index contributed by atoms with van der Waals surface area (Å²) in [7, 11) is 1.51. The lowest BCUT2D eigenvalue weighted by Gasteiger charge is -2.04. The highest BCUT2D eigenvalue weighted by Crippen LogP contribution is 2.10. The van der Waals surface area contributed by atoms with Gasteiger partial charge in [0.1, 0.15) is 5.02 Å². The Morgan fingerprint density at radius 2 is 2.43 bits per heavy atom. The summed E-state index contributed by atoms with van der Waals surface area (Å²) in [6.45, 7) is 0.0205. The van der Waals surface area contributed by atoms with E-state index in [4.69, 9.17) is 11.6 Å². The molecule has 0 aliphatic heterocycles. The second kappa shape index (κ2) is 4.61. The van der Waals surface area contributed by atoms with E-state index in [9.17, 15) is 9.59 Å². The number of nitrogens with one attached hydrogen (secondary N) is 3. The molecular formula is C7H9ClN4O2. The molecule has 0 unspecified atom stereocenters. The SMILES string of the molecule is CNC(=O)CNc1nc[nH]c(=O)c1Cl. The second-order valence-corrected chi connectivity index (χ2v) is 2.80. The van der Waals surface area contributed by atoms with Crippen LogP contribution < -0.4 is 16.2 Å². The molecule has 14 heavy (non-hydrogen) atoms. The molecule has 1 rings (SSSR count). The molecule has 76 valence electrons. The molecular weight excluding hydrogens is 208 g/mol. The first-order valence-electron chi connectivity index (χ1n) is 3.82. The predicted molar refractivity (Wildman–Crippen MR) is 52.4 cm³/mol. The highest BCUT2D eigenvalue weighted by Gasteiger charge is 2.06. The summed E-state index contributed by atoms with van der Waals surface area (Å²) in [5.74, 6) is -0.0258. The summed E-state index contributed by atoms with van der Waals surface area (Å²) >= 11 is 5.62. The number of hydrogen-bond donors (Lipinski definition) is 3. The average molecular weight is 217 g/mol. The Bertz CT molecular complexity index is 390. The number of carbonyl (C=O) groups excluding carboxylic acids is 1. The maximum Gasteiger partial charge on any atom is 0.271 e. The first kappa shape index (κ1) is 10.5. The monoisotopic (exact) mass is 216 g/mol. The maximum absolute atomic E-state index is 11.0. The van der Waals surface area contributed by atoms with E-state index in [1.807, 2.05) is 0 Å². The number of nitrogens with zero attached hydrogens (tertiary/aromatic N) is 1. The minimum absolute atomic E-state index is 0.0205. The summed E-state index contributed by atoms with van der Waals surface area (Å²) in [5.41, 5.74) is -0.443. The Balaban J connectivity index is 2.73. The third-order valence-corrected chi connectivity index (χ3v) is 1.84. The zero-order valence-corrected chi connectivity index (χ0v) is 8.18. The van der Waals surface area contributed by atoms with Crippen molar-refractivity contribution in [2.75, 3.05) is 18.9 Å². The minimum Gasteiger partial charge on any atom is -0.360 e. The molecule has 0 bridgehead atoms. The van der Waals surface area contributed by atoms with Crippen LogP contribution in [0.25, 0.3) is 0 Å². The quantitative estimate of drug-likeness (QED) is 0.641. The van der Waals surface area contributed by atoms with E-state index in [1.54, 1.807) is 0 Å². The first-order chi connectivity index (χ1) is 6.65. The van der Waals surface area contributed by atoms with Crippen molar-refractivity contribution in [1.29, 1.82) is 0 Å². The first-order valence-corrected chi connectivity index (χ1v) is 4.20. The van der Waals surface area contributed by atoms with Crippen molar-refractivity contribution in [1.82, 2.24) is 15.3 Å². The molecule has 0 fully saturated rings. The van der Waals surface area contributed by atoms with Crippen LogP contribution >= 0.6 is 11.6 Å². The van der Waals surface area contributed by atoms with Crippen LogP contribution in [0.2, 0.25) is 5.02 Å². The topological polar surface area (TPSA) is 86.9 Å². The van der Waals surface area contributed by atoms with E-state index in [0.29, 0.717) is 0 Å². The molecule has 1 heterocycles. The molecule has 0 aromatic carbocycles. The van der Waals surface area contributed by atoms with Gasteiger partial charge in [-0.25, -0.2) is 4.98 Å². The fourth-order valence-electron chi connectivity index (χ4n) is 0.759.